The van der Waals surface area contributed by atoms with Gasteiger partial charge in [0.15, 0.2) is 0 Å². The molecular weight excluding hydrogens is 246 g/mol. The van der Waals surface area contributed by atoms with Gasteiger partial charge in [0.2, 0.25) is 0 Å². The highest BCUT2D eigenvalue weighted by atomic mass is 16.3. The minimum atomic E-state index is 0.0694. The second kappa shape index (κ2) is 10.6. The summed E-state index contributed by atoms with van der Waals surface area (Å²) in [5.74, 6) is 0. The summed E-state index contributed by atoms with van der Waals surface area (Å²) >= 11 is 0. The van der Waals surface area contributed by atoms with E-state index in [0.717, 1.165) is 5.56 Å². The Bertz CT molecular complexity index is 313. The number of para-hydroxylation sites is 1. The van der Waals surface area contributed by atoms with Crippen molar-refractivity contribution in [2.45, 2.75) is 6.92 Å². The van der Waals surface area contributed by atoms with Crippen LogP contribution in [0, 0.1) is 6.92 Å². The summed E-state index contributed by atoms with van der Waals surface area (Å²) in [6.07, 6.45) is 0. The van der Waals surface area contributed by atoms with Crippen molar-refractivity contribution in [3.63, 3.8) is 0 Å². The molecule has 0 amide bonds. The topological polar surface area (TPSA) is 116 Å². The molecule has 110 valence electrons. The van der Waals surface area contributed by atoms with Gasteiger partial charge in [-0.05, 0) is 18.6 Å². The molecule has 6 nitrogen and oxygen atoms in total. The van der Waals surface area contributed by atoms with E-state index in [-0.39, 0.29) is 19.8 Å². The number of hydrogen-bond donors (Lipinski definition) is 5. The van der Waals surface area contributed by atoms with E-state index in [2.05, 4.69) is 0 Å². The predicted molar refractivity (Wildman–Crippen MR) is 77.7 cm³/mol. The van der Waals surface area contributed by atoms with E-state index in [9.17, 15) is 0 Å². The number of benzene rings is 1. The monoisotopic (exact) mass is 271 g/mol. The minimum Gasteiger partial charge on any atom is -0.397 e. The number of nitrogens with zero attached hydrogens (tertiary/aromatic N) is 1. The van der Waals surface area contributed by atoms with Gasteiger partial charge in [0.05, 0.1) is 31.2 Å². The van der Waals surface area contributed by atoms with Crippen LogP contribution in [0.15, 0.2) is 18.2 Å². The number of nitrogens with two attached hydrogens (primary N) is 2. The first kappa shape index (κ1) is 17.7. The summed E-state index contributed by atoms with van der Waals surface area (Å²) < 4.78 is 0. The molecule has 7 N–H and O–H groups in total. The fraction of sp³-hybridized carbons (Fsp3) is 0.538. The minimum absolute atomic E-state index is 0.0694. The first-order chi connectivity index (χ1) is 9.06. The van der Waals surface area contributed by atoms with Gasteiger partial charge in [-0.1, -0.05) is 12.1 Å². The molecule has 0 fully saturated rings. The zero-order chi connectivity index (χ0) is 14.7. The number of hydrogen-bond acceptors (Lipinski definition) is 6. The maximum absolute atomic E-state index is 8.48. The van der Waals surface area contributed by atoms with Crippen molar-refractivity contribution in [1.29, 1.82) is 0 Å². The molecule has 0 heterocycles. The molecule has 0 aliphatic carbocycles. The lowest BCUT2D eigenvalue weighted by molar-refractivity contribution is 0.136. The van der Waals surface area contributed by atoms with Crippen molar-refractivity contribution < 1.29 is 15.3 Å². The largest absolute Gasteiger partial charge is 0.397 e. The Morgan fingerprint density at radius 3 is 1.74 bits per heavy atom. The van der Waals surface area contributed by atoms with Gasteiger partial charge in [0.25, 0.3) is 0 Å². The molecule has 0 aliphatic rings. The second-order valence-electron chi connectivity index (χ2n) is 4.09. The molecule has 0 atom stereocenters. The molecule has 0 unspecified atom stereocenters. The second-order valence-corrected chi connectivity index (χ2v) is 4.09. The maximum atomic E-state index is 8.48. The van der Waals surface area contributed by atoms with Crippen molar-refractivity contribution in [2.24, 2.45) is 0 Å². The highest BCUT2D eigenvalue weighted by molar-refractivity contribution is 5.66. The molecule has 0 saturated heterocycles. The van der Waals surface area contributed by atoms with Gasteiger partial charge in [0.1, 0.15) is 0 Å². The van der Waals surface area contributed by atoms with Gasteiger partial charge < -0.3 is 26.8 Å². The van der Waals surface area contributed by atoms with Crippen molar-refractivity contribution >= 4 is 11.4 Å². The maximum Gasteiger partial charge on any atom is 0.0577 e. The highest BCUT2D eigenvalue weighted by Crippen LogP contribution is 2.17. The van der Waals surface area contributed by atoms with Gasteiger partial charge in [-0.3, -0.25) is 4.90 Å². The summed E-state index contributed by atoms with van der Waals surface area (Å²) in [6.45, 7) is 3.69. The van der Waals surface area contributed by atoms with Gasteiger partial charge in [-0.2, -0.15) is 0 Å². The summed E-state index contributed by atoms with van der Waals surface area (Å²) in [5, 5.41) is 25.5. The lowest BCUT2D eigenvalue weighted by Gasteiger charge is -2.17. The Morgan fingerprint density at radius 1 is 0.947 bits per heavy atom. The Morgan fingerprint density at radius 2 is 1.42 bits per heavy atom. The molecule has 0 saturated carbocycles. The molecule has 0 bridgehead atoms. The molecule has 0 spiro atoms. The van der Waals surface area contributed by atoms with E-state index in [4.69, 9.17) is 26.8 Å². The molecule has 1 aromatic carbocycles. The van der Waals surface area contributed by atoms with Crippen LogP contribution in [-0.4, -0.2) is 59.7 Å². The Kier molecular flexibility index (Phi) is 9.82. The van der Waals surface area contributed by atoms with Crippen LogP contribution < -0.4 is 11.5 Å². The summed E-state index contributed by atoms with van der Waals surface area (Å²) in [4.78, 5) is 1.79. The normalized spacial score (nSPS) is 10.2. The fourth-order valence-corrected chi connectivity index (χ4v) is 1.46. The fourth-order valence-electron chi connectivity index (χ4n) is 1.46. The number of aliphatic hydroxyl groups is 3. The molecule has 19 heavy (non-hydrogen) atoms. The van der Waals surface area contributed by atoms with Crippen LogP contribution in [0.1, 0.15) is 5.56 Å². The Hall–Kier alpha value is -1.34. The molecule has 0 radical (unpaired) electrons. The summed E-state index contributed by atoms with van der Waals surface area (Å²) in [7, 11) is 0. The molecular formula is C13H25N3O3. The number of nitrogen functional groups attached to an aromatic ring is 2. The lowest BCUT2D eigenvalue weighted by atomic mass is 10.2. The molecule has 1 aromatic rings. The van der Waals surface area contributed by atoms with Crippen molar-refractivity contribution in [3.8, 4) is 0 Å². The van der Waals surface area contributed by atoms with E-state index >= 15 is 0 Å². The third-order valence-electron chi connectivity index (χ3n) is 2.61. The summed E-state index contributed by atoms with van der Waals surface area (Å²) in [6, 6.07) is 5.62. The van der Waals surface area contributed by atoms with Gasteiger partial charge in [0, 0.05) is 19.6 Å². The Balaban J connectivity index is 0.000000342. The van der Waals surface area contributed by atoms with E-state index in [1.807, 2.05) is 19.1 Å². The zero-order valence-corrected chi connectivity index (χ0v) is 11.4. The smallest absolute Gasteiger partial charge is 0.0577 e. The zero-order valence-electron chi connectivity index (χ0n) is 11.4. The SMILES string of the molecule is Cc1cccc(N)c1N.OCCN(CCO)CCO. The lowest BCUT2D eigenvalue weighted by Crippen LogP contribution is -2.32. The van der Waals surface area contributed by atoms with Crippen LogP contribution in [0.4, 0.5) is 11.4 Å². The van der Waals surface area contributed by atoms with E-state index in [1.165, 1.54) is 0 Å². The van der Waals surface area contributed by atoms with Crippen LogP contribution in [0.3, 0.4) is 0 Å². The van der Waals surface area contributed by atoms with Crippen molar-refractivity contribution in [1.82, 2.24) is 4.90 Å². The molecule has 0 aliphatic heterocycles. The third kappa shape index (κ3) is 7.63. The Labute approximate surface area is 114 Å². The van der Waals surface area contributed by atoms with Crippen LogP contribution in [0.2, 0.25) is 0 Å². The van der Waals surface area contributed by atoms with Crippen molar-refractivity contribution in [2.75, 3.05) is 50.9 Å². The van der Waals surface area contributed by atoms with E-state index in [1.54, 1.807) is 11.0 Å². The average molecular weight is 271 g/mol. The van der Waals surface area contributed by atoms with Gasteiger partial charge in [-0.15, -0.1) is 0 Å². The number of aliphatic hydroxyl groups excluding tert-OH is 3. The van der Waals surface area contributed by atoms with Gasteiger partial charge in [-0.25, -0.2) is 0 Å². The van der Waals surface area contributed by atoms with Crippen LogP contribution in [-0.2, 0) is 0 Å². The third-order valence-corrected chi connectivity index (χ3v) is 2.61. The van der Waals surface area contributed by atoms with Crippen LogP contribution in [0.25, 0.3) is 0 Å². The number of anilines is 2. The van der Waals surface area contributed by atoms with Crippen LogP contribution >= 0.6 is 0 Å². The quantitative estimate of drug-likeness (QED) is 0.442. The number of aryl methyl sites for hydroxylation is 1. The van der Waals surface area contributed by atoms with E-state index < -0.39 is 0 Å². The highest BCUT2D eigenvalue weighted by Gasteiger charge is 2.00. The summed E-state index contributed by atoms with van der Waals surface area (Å²) in [5.41, 5.74) is 13.4. The molecule has 1 rings (SSSR count). The molecule has 6 heteroatoms. The van der Waals surface area contributed by atoms with Crippen molar-refractivity contribution in [3.05, 3.63) is 23.8 Å². The first-order valence-corrected chi connectivity index (χ1v) is 6.22. The first-order valence-electron chi connectivity index (χ1n) is 6.22. The van der Waals surface area contributed by atoms with E-state index in [0.29, 0.717) is 31.0 Å². The van der Waals surface area contributed by atoms with Gasteiger partial charge >= 0.3 is 0 Å². The van der Waals surface area contributed by atoms with Crippen LogP contribution in [0.5, 0.6) is 0 Å². The number of rotatable bonds is 6. The predicted octanol–water partition coefficient (Wildman–Crippen LogP) is -0.575. The average Bonchev–Trinajstić information content (AvgIpc) is 2.38. The standard InChI is InChI=1S/C7H10N2.C6H15NO3/c1-5-3-2-4-6(8)7(5)9;8-4-1-7(2-5-9)3-6-10/h2-4H,8-9H2,1H3;8-10H,1-6H2. The molecule has 0 aromatic heterocycles.